The predicted molar refractivity (Wildman–Crippen MR) is 127 cm³/mol. The van der Waals surface area contributed by atoms with Crippen LogP contribution in [-0.4, -0.2) is 27.7 Å². The highest BCUT2D eigenvalue weighted by Gasteiger charge is 2.23. The Morgan fingerprint density at radius 1 is 1.00 bits per heavy atom. The van der Waals surface area contributed by atoms with Gasteiger partial charge in [-0.1, -0.05) is 42.5 Å². The zero-order valence-corrected chi connectivity index (χ0v) is 18.5. The molecule has 0 saturated carbocycles. The van der Waals surface area contributed by atoms with E-state index in [0.717, 1.165) is 16.9 Å². The third kappa shape index (κ3) is 4.82. The Kier molecular flexibility index (Phi) is 6.31. The van der Waals surface area contributed by atoms with Crippen molar-refractivity contribution in [3.8, 4) is 22.8 Å². The van der Waals surface area contributed by atoms with Gasteiger partial charge in [0.05, 0.1) is 12.8 Å². The molecule has 0 unspecified atom stereocenters. The summed E-state index contributed by atoms with van der Waals surface area (Å²) >= 11 is 0. The molecule has 7 nitrogen and oxygen atoms in total. The van der Waals surface area contributed by atoms with Crippen LogP contribution in [-0.2, 0) is 20.1 Å². The molecule has 0 fully saturated rings. The van der Waals surface area contributed by atoms with Crippen LogP contribution in [0.5, 0.6) is 11.5 Å². The van der Waals surface area contributed by atoms with Crippen molar-refractivity contribution in [2.24, 2.45) is 7.05 Å². The summed E-state index contributed by atoms with van der Waals surface area (Å²) in [5, 5.41) is 9.80. The lowest BCUT2D eigenvalue weighted by Gasteiger charge is -2.12. The summed E-state index contributed by atoms with van der Waals surface area (Å²) in [5.41, 5.74) is 9.79. The minimum Gasteiger partial charge on any atom is -0.497 e. The van der Waals surface area contributed by atoms with Crippen molar-refractivity contribution in [2.75, 3.05) is 12.8 Å². The van der Waals surface area contributed by atoms with E-state index in [2.05, 4.69) is 4.98 Å². The normalized spacial score (nSPS) is 10.7. The van der Waals surface area contributed by atoms with E-state index < -0.39 is 5.97 Å². The van der Waals surface area contributed by atoms with E-state index in [1.807, 2.05) is 54.6 Å². The number of imidazole rings is 1. The van der Waals surface area contributed by atoms with Gasteiger partial charge in [-0.05, 0) is 35.4 Å². The standard InChI is InChI=1S/C26H25N3O4/c1-29-23(14-17-8-10-19(32-2)11-9-17)28-24(26(30)31)25(29)21-13-12-20(15-22(21)27)33-16-18-6-4-3-5-7-18/h3-13,15H,14,16,27H2,1-2H3,(H,30,31). The Bertz CT molecular complexity index is 1260. The van der Waals surface area contributed by atoms with E-state index in [1.54, 1.807) is 36.9 Å². The molecule has 0 spiro atoms. The Hall–Kier alpha value is -4.26. The van der Waals surface area contributed by atoms with Gasteiger partial charge in [0.15, 0.2) is 5.69 Å². The number of rotatable bonds is 8. The Morgan fingerprint density at radius 3 is 2.33 bits per heavy atom. The molecule has 0 bridgehead atoms. The first kappa shape index (κ1) is 22.0. The molecule has 7 heteroatoms. The molecule has 4 aromatic rings. The fourth-order valence-electron chi connectivity index (χ4n) is 3.67. The van der Waals surface area contributed by atoms with Crippen LogP contribution in [0.25, 0.3) is 11.3 Å². The first-order valence-corrected chi connectivity index (χ1v) is 10.4. The van der Waals surface area contributed by atoms with Gasteiger partial charge in [0.25, 0.3) is 0 Å². The number of benzene rings is 3. The minimum absolute atomic E-state index is 0.0364. The van der Waals surface area contributed by atoms with E-state index in [9.17, 15) is 9.90 Å². The average Bonchev–Trinajstić information content (AvgIpc) is 3.15. The summed E-state index contributed by atoms with van der Waals surface area (Å²) < 4.78 is 12.8. The van der Waals surface area contributed by atoms with Crippen molar-refractivity contribution in [1.82, 2.24) is 9.55 Å². The molecular weight excluding hydrogens is 418 g/mol. The zero-order valence-electron chi connectivity index (χ0n) is 18.5. The summed E-state index contributed by atoms with van der Waals surface area (Å²) in [6.07, 6.45) is 0.471. The number of nitrogen functional groups attached to an aromatic ring is 1. The summed E-state index contributed by atoms with van der Waals surface area (Å²) in [6, 6.07) is 22.7. The van der Waals surface area contributed by atoms with Crippen LogP contribution >= 0.6 is 0 Å². The number of nitrogens with zero attached hydrogens (tertiary/aromatic N) is 2. The number of anilines is 1. The summed E-state index contributed by atoms with van der Waals surface area (Å²) in [6.45, 7) is 0.414. The molecule has 3 aromatic carbocycles. The van der Waals surface area contributed by atoms with Gasteiger partial charge in [-0.25, -0.2) is 9.78 Å². The second-order valence-corrected chi connectivity index (χ2v) is 7.64. The maximum atomic E-state index is 12.0. The van der Waals surface area contributed by atoms with Crippen LogP contribution in [0.15, 0.2) is 72.8 Å². The van der Waals surface area contributed by atoms with Gasteiger partial charge in [0, 0.05) is 30.8 Å². The molecule has 0 saturated heterocycles. The Labute approximate surface area is 192 Å². The first-order valence-electron chi connectivity index (χ1n) is 10.4. The van der Waals surface area contributed by atoms with Gasteiger partial charge in [-0.15, -0.1) is 0 Å². The van der Waals surface area contributed by atoms with Crippen LogP contribution < -0.4 is 15.2 Å². The molecular formula is C26H25N3O4. The topological polar surface area (TPSA) is 99.6 Å². The second kappa shape index (κ2) is 9.48. The third-order valence-corrected chi connectivity index (χ3v) is 5.44. The van der Waals surface area contributed by atoms with E-state index in [-0.39, 0.29) is 5.69 Å². The highest BCUT2D eigenvalue weighted by atomic mass is 16.5. The van der Waals surface area contributed by atoms with E-state index in [4.69, 9.17) is 15.2 Å². The molecule has 0 radical (unpaired) electrons. The lowest BCUT2D eigenvalue weighted by molar-refractivity contribution is 0.0691. The van der Waals surface area contributed by atoms with Gasteiger partial charge in [0.2, 0.25) is 0 Å². The Balaban J connectivity index is 1.62. The molecule has 4 rings (SSSR count). The average molecular weight is 444 g/mol. The molecule has 33 heavy (non-hydrogen) atoms. The van der Waals surface area contributed by atoms with Crippen molar-refractivity contribution >= 4 is 11.7 Å². The van der Waals surface area contributed by atoms with Crippen molar-refractivity contribution in [3.05, 3.63) is 95.4 Å². The monoisotopic (exact) mass is 443 g/mol. The summed E-state index contributed by atoms with van der Waals surface area (Å²) in [5.74, 6) is 0.882. The lowest BCUT2D eigenvalue weighted by Crippen LogP contribution is -2.04. The van der Waals surface area contributed by atoms with Crippen LogP contribution in [0.3, 0.4) is 0 Å². The largest absolute Gasteiger partial charge is 0.497 e. The number of carbonyl (C=O) groups is 1. The van der Waals surface area contributed by atoms with Crippen LogP contribution in [0.4, 0.5) is 5.69 Å². The van der Waals surface area contributed by atoms with Crippen LogP contribution in [0.1, 0.15) is 27.4 Å². The van der Waals surface area contributed by atoms with Crippen molar-refractivity contribution in [2.45, 2.75) is 13.0 Å². The SMILES string of the molecule is COc1ccc(Cc2nc(C(=O)O)c(-c3ccc(OCc4ccccc4)cc3N)n2C)cc1. The third-order valence-electron chi connectivity index (χ3n) is 5.44. The van der Waals surface area contributed by atoms with Crippen molar-refractivity contribution < 1.29 is 19.4 Å². The number of carboxylic acids is 1. The number of aromatic carboxylic acids is 1. The van der Waals surface area contributed by atoms with E-state index in [0.29, 0.717) is 41.5 Å². The van der Waals surface area contributed by atoms with Gasteiger partial charge >= 0.3 is 5.97 Å². The van der Waals surface area contributed by atoms with E-state index in [1.165, 1.54) is 0 Å². The summed E-state index contributed by atoms with van der Waals surface area (Å²) in [4.78, 5) is 16.4. The maximum Gasteiger partial charge on any atom is 0.356 e. The number of methoxy groups -OCH3 is 1. The van der Waals surface area contributed by atoms with Gasteiger partial charge in [-0.2, -0.15) is 0 Å². The Morgan fingerprint density at radius 2 is 1.70 bits per heavy atom. The molecule has 1 heterocycles. The maximum absolute atomic E-state index is 12.0. The second-order valence-electron chi connectivity index (χ2n) is 7.64. The highest BCUT2D eigenvalue weighted by Crippen LogP contribution is 2.33. The van der Waals surface area contributed by atoms with Crippen LogP contribution in [0.2, 0.25) is 0 Å². The number of carboxylic acid groups (broad SMARTS) is 1. The van der Waals surface area contributed by atoms with Gasteiger partial charge in [-0.3, -0.25) is 0 Å². The summed E-state index contributed by atoms with van der Waals surface area (Å²) in [7, 11) is 3.41. The van der Waals surface area contributed by atoms with Gasteiger partial charge in [0.1, 0.15) is 23.9 Å². The highest BCUT2D eigenvalue weighted by molar-refractivity contribution is 5.95. The van der Waals surface area contributed by atoms with Gasteiger partial charge < -0.3 is 24.9 Å². The smallest absolute Gasteiger partial charge is 0.356 e. The molecule has 0 amide bonds. The molecule has 0 aliphatic heterocycles. The number of hydrogen-bond donors (Lipinski definition) is 2. The minimum atomic E-state index is -1.11. The zero-order chi connectivity index (χ0) is 23.4. The number of hydrogen-bond acceptors (Lipinski definition) is 5. The predicted octanol–water partition coefficient (Wildman–Crippen LogP) is 4.55. The molecule has 0 aliphatic carbocycles. The molecule has 0 aliphatic rings. The van der Waals surface area contributed by atoms with Crippen LogP contribution in [0, 0.1) is 0 Å². The number of aromatic nitrogens is 2. The van der Waals surface area contributed by atoms with E-state index >= 15 is 0 Å². The fraction of sp³-hybridized carbons (Fsp3) is 0.154. The molecule has 0 atom stereocenters. The van der Waals surface area contributed by atoms with Crippen molar-refractivity contribution in [3.63, 3.8) is 0 Å². The fourth-order valence-corrected chi connectivity index (χ4v) is 3.67. The molecule has 168 valence electrons. The quantitative estimate of drug-likeness (QED) is 0.388. The molecule has 1 aromatic heterocycles. The lowest BCUT2D eigenvalue weighted by atomic mass is 10.1. The first-order chi connectivity index (χ1) is 16.0. The number of nitrogens with two attached hydrogens (primary N) is 1. The molecule has 3 N–H and O–H groups in total. The van der Waals surface area contributed by atoms with Crippen molar-refractivity contribution in [1.29, 1.82) is 0 Å². The number of ether oxygens (including phenoxy) is 2.